The zero-order valence-electron chi connectivity index (χ0n) is 15.5. The van der Waals surface area contributed by atoms with Crippen LogP contribution in [0.3, 0.4) is 0 Å². The van der Waals surface area contributed by atoms with E-state index >= 15 is 0 Å². The van der Waals surface area contributed by atoms with E-state index in [0.29, 0.717) is 27.9 Å². The number of esters is 1. The third-order valence-corrected chi connectivity index (χ3v) is 5.46. The molecule has 146 valence electrons. The fourth-order valence-electron chi connectivity index (χ4n) is 3.35. The number of halogens is 2. The van der Waals surface area contributed by atoms with E-state index in [9.17, 15) is 9.59 Å². The molecule has 1 N–H and O–H groups in total. The highest BCUT2D eigenvalue weighted by Crippen LogP contribution is 2.36. The first-order chi connectivity index (χ1) is 13.5. The van der Waals surface area contributed by atoms with Gasteiger partial charge in [0.1, 0.15) is 0 Å². The maximum atomic E-state index is 12.8. The fourth-order valence-corrected chi connectivity index (χ4v) is 3.66. The lowest BCUT2D eigenvalue weighted by atomic mass is 9.84. The molecule has 2 aromatic carbocycles. The summed E-state index contributed by atoms with van der Waals surface area (Å²) in [6.45, 7) is 2.02. The van der Waals surface area contributed by atoms with Gasteiger partial charge in [0.25, 0.3) is 0 Å². The number of carbonyl (C=O) groups is 2. The van der Waals surface area contributed by atoms with Crippen molar-refractivity contribution in [3.05, 3.63) is 81.0 Å². The first-order valence-corrected chi connectivity index (χ1v) is 9.88. The van der Waals surface area contributed by atoms with Crippen LogP contribution in [-0.4, -0.2) is 18.5 Å². The van der Waals surface area contributed by atoms with Gasteiger partial charge < -0.3 is 10.1 Å². The van der Waals surface area contributed by atoms with Crippen LogP contribution in [0.25, 0.3) is 0 Å². The molecular weight excluding hydrogens is 397 g/mol. The Morgan fingerprint density at radius 1 is 1.14 bits per heavy atom. The van der Waals surface area contributed by atoms with Gasteiger partial charge in [0, 0.05) is 18.0 Å². The average molecular weight is 418 g/mol. The lowest BCUT2D eigenvalue weighted by Crippen LogP contribution is -2.34. The summed E-state index contributed by atoms with van der Waals surface area (Å²) >= 11 is 12.1. The van der Waals surface area contributed by atoms with Gasteiger partial charge in [-0.15, -0.1) is 0 Å². The minimum Gasteiger partial charge on any atom is -0.462 e. The zero-order valence-corrected chi connectivity index (χ0v) is 17.0. The summed E-state index contributed by atoms with van der Waals surface area (Å²) in [5, 5.41) is 3.55. The van der Waals surface area contributed by atoms with Crippen molar-refractivity contribution < 1.29 is 14.3 Å². The van der Waals surface area contributed by atoms with Gasteiger partial charge in [0.05, 0.1) is 22.2 Å². The van der Waals surface area contributed by atoms with Crippen molar-refractivity contribution in [1.29, 1.82) is 0 Å². The van der Waals surface area contributed by atoms with E-state index in [1.807, 2.05) is 30.3 Å². The zero-order chi connectivity index (χ0) is 20.1. The predicted molar refractivity (Wildman–Crippen MR) is 110 cm³/mol. The molecule has 0 spiro atoms. The summed E-state index contributed by atoms with van der Waals surface area (Å²) in [5.41, 5.74) is 2.94. The van der Waals surface area contributed by atoms with Crippen molar-refractivity contribution in [2.75, 3.05) is 6.61 Å². The normalized spacial score (nSPS) is 16.7. The molecule has 4 nitrogen and oxygen atoms in total. The minimum atomic E-state index is -0.415. The molecule has 0 aliphatic carbocycles. The first-order valence-electron chi connectivity index (χ1n) is 9.12. The van der Waals surface area contributed by atoms with Crippen LogP contribution in [0.2, 0.25) is 10.0 Å². The Morgan fingerprint density at radius 3 is 2.61 bits per heavy atom. The molecule has 6 heteroatoms. The van der Waals surface area contributed by atoms with Gasteiger partial charge >= 0.3 is 5.97 Å². The summed E-state index contributed by atoms with van der Waals surface area (Å²) in [5.74, 6) is -0.971. The van der Waals surface area contributed by atoms with Crippen LogP contribution in [-0.2, 0) is 20.7 Å². The van der Waals surface area contributed by atoms with Gasteiger partial charge in [0.15, 0.2) is 0 Å². The topological polar surface area (TPSA) is 55.4 Å². The Kier molecular flexibility index (Phi) is 6.76. The quantitative estimate of drug-likeness (QED) is 0.528. The number of nitrogens with one attached hydrogen (secondary N) is 1. The molecular formula is C22H21Cl2NO3. The molecule has 0 unspecified atom stereocenters. The number of benzene rings is 2. The van der Waals surface area contributed by atoms with E-state index < -0.39 is 11.9 Å². The third-order valence-electron chi connectivity index (χ3n) is 4.72. The van der Waals surface area contributed by atoms with Gasteiger partial charge in [-0.05, 0) is 43.0 Å². The largest absolute Gasteiger partial charge is 0.462 e. The Balaban J connectivity index is 1.70. The van der Waals surface area contributed by atoms with E-state index in [1.54, 1.807) is 25.1 Å². The highest BCUT2D eigenvalue weighted by molar-refractivity contribution is 6.42. The van der Waals surface area contributed by atoms with Crippen LogP contribution < -0.4 is 5.32 Å². The van der Waals surface area contributed by atoms with Crippen LogP contribution in [0.15, 0.2) is 59.8 Å². The predicted octanol–water partition coefficient (Wildman–Crippen LogP) is 5.05. The van der Waals surface area contributed by atoms with Gasteiger partial charge in [-0.3, -0.25) is 4.79 Å². The van der Waals surface area contributed by atoms with Gasteiger partial charge in [-0.1, -0.05) is 59.6 Å². The number of amides is 1. The SMILES string of the molecule is CC1=C(C(=O)OCCCc2ccccc2)[C@H](c2ccc(Cl)c(Cl)c2)CC(=O)N1. The van der Waals surface area contributed by atoms with Gasteiger partial charge in [-0.2, -0.15) is 0 Å². The molecule has 0 radical (unpaired) electrons. The van der Waals surface area contributed by atoms with E-state index in [0.717, 1.165) is 18.4 Å². The van der Waals surface area contributed by atoms with Crippen molar-refractivity contribution in [1.82, 2.24) is 5.32 Å². The van der Waals surface area contributed by atoms with Crippen LogP contribution in [0, 0.1) is 0 Å². The monoisotopic (exact) mass is 417 g/mol. The summed E-state index contributed by atoms with van der Waals surface area (Å²) in [4.78, 5) is 24.8. The van der Waals surface area contributed by atoms with Crippen LogP contribution in [0.1, 0.15) is 36.8 Å². The van der Waals surface area contributed by atoms with E-state index in [1.165, 1.54) is 5.56 Å². The van der Waals surface area contributed by atoms with Crippen molar-refractivity contribution in [3.63, 3.8) is 0 Å². The molecule has 1 atom stereocenters. The second-order valence-corrected chi connectivity index (χ2v) is 7.56. The molecule has 0 aromatic heterocycles. The van der Waals surface area contributed by atoms with Crippen molar-refractivity contribution in [2.45, 2.75) is 32.1 Å². The summed E-state index contributed by atoms with van der Waals surface area (Å²) in [7, 11) is 0. The van der Waals surface area contributed by atoms with Crippen molar-refractivity contribution in [3.8, 4) is 0 Å². The lowest BCUT2D eigenvalue weighted by Gasteiger charge is -2.26. The summed E-state index contributed by atoms with van der Waals surface area (Å²) in [6.07, 6.45) is 1.72. The highest BCUT2D eigenvalue weighted by atomic mass is 35.5. The Morgan fingerprint density at radius 2 is 1.89 bits per heavy atom. The summed E-state index contributed by atoms with van der Waals surface area (Å²) < 4.78 is 5.51. The number of carbonyl (C=O) groups excluding carboxylic acids is 2. The van der Waals surface area contributed by atoms with Gasteiger partial charge in [0.2, 0.25) is 5.91 Å². The lowest BCUT2D eigenvalue weighted by molar-refractivity contribution is -0.139. The minimum absolute atomic E-state index is 0.144. The second kappa shape index (κ2) is 9.26. The molecule has 0 fully saturated rings. The van der Waals surface area contributed by atoms with Crippen molar-refractivity contribution >= 4 is 35.1 Å². The van der Waals surface area contributed by atoms with Crippen LogP contribution in [0.5, 0.6) is 0 Å². The summed E-state index contributed by atoms with van der Waals surface area (Å²) in [6, 6.07) is 15.2. The van der Waals surface area contributed by atoms with E-state index in [4.69, 9.17) is 27.9 Å². The van der Waals surface area contributed by atoms with Crippen molar-refractivity contribution in [2.24, 2.45) is 0 Å². The molecule has 0 saturated heterocycles. The molecule has 2 aromatic rings. The maximum absolute atomic E-state index is 12.8. The van der Waals surface area contributed by atoms with E-state index in [-0.39, 0.29) is 12.3 Å². The number of allylic oxidation sites excluding steroid dienone is 1. The Bertz CT molecular complexity index is 909. The molecule has 1 heterocycles. The van der Waals surface area contributed by atoms with Crippen LogP contribution in [0.4, 0.5) is 0 Å². The maximum Gasteiger partial charge on any atom is 0.336 e. The molecule has 1 amide bonds. The highest BCUT2D eigenvalue weighted by Gasteiger charge is 2.33. The molecule has 1 aliphatic rings. The first kappa shape index (κ1) is 20.4. The smallest absolute Gasteiger partial charge is 0.336 e. The molecule has 28 heavy (non-hydrogen) atoms. The van der Waals surface area contributed by atoms with E-state index in [2.05, 4.69) is 5.32 Å². The molecule has 0 bridgehead atoms. The number of ether oxygens (including phenoxy) is 1. The standard InChI is InChI=1S/C22H21Cl2NO3/c1-14-21(22(27)28-11-5-8-15-6-3-2-4-7-15)17(13-20(26)25-14)16-9-10-18(23)19(24)12-16/h2-4,6-7,9-10,12,17H,5,8,11,13H2,1H3,(H,25,26)/t17-/m0/s1. The number of hydrogen-bond acceptors (Lipinski definition) is 3. The second-order valence-electron chi connectivity index (χ2n) is 6.74. The molecule has 3 rings (SSSR count). The molecule has 0 saturated carbocycles. The fraction of sp³-hybridized carbons (Fsp3) is 0.273. The number of aryl methyl sites for hydroxylation is 1. The average Bonchev–Trinajstić information content (AvgIpc) is 2.67. The number of hydrogen-bond donors (Lipinski definition) is 1. The Labute approximate surface area is 174 Å². The molecule has 1 aliphatic heterocycles. The third kappa shape index (κ3) is 4.94. The Hall–Kier alpha value is -2.30. The number of rotatable bonds is 6. The van der Waals surface area contributed by atoms with Crippen LogP contribution >= 0.6 is 23.2 Å². The van der Waals surface area contributed by atoms with Gasteiger partial charge in [-0.25, -0.2) is 4.79 Å².